The summed E-state index contributed by atoms with van der Waals surface area (Å²) < 4.78 is 5.33. The molecular formula is C46H84O4. The largest absolute Gasteiger partial charge is 0.479 e. The third kappa shape index (κ3) is 39.0. The molecule has 0 saturated heterocycles. The molecule has 0 aliphatic carbocycles. The highest BCUT2D eigenvalue weighted by Gasteiger charge is 2.21. The van der Waals surface area contributed by atoms with Crippen molar-refractivity contribution in [3.05, 3.63) is 36.5 Å². The summed E-state index contributed by atoms with van der Waals surface area (Å²) in [6.07, 6.45) is 54.9. The first kappa shape index (κ1) is 48.2. The van der Waals surface area contributed by atoms with Crippen LogP contribution in [0.5, 0.6) is 0 Å². The molecule has 0 rings (SSSR count). The Kier molecular flexibility index (Phi) is 40.0. The Balaban J connectivity index is 3.49. The summed E-state index contributed by atoms with van der Waals surface area (Å²) in [5.74, 6) is -1.37. The molecule has 0 aliphatic heterocycles. The first-order valence-electron chi connectivity index (χ1n) is 22.0. The zero-order valence-corrected chi connectivity index (χ0v) is 33.5. The SMILES string of the molecule is CC/C=C\C/C=C\C/C=C\CCCCCCCC(=O)OC(CCCCCCCCCCCCCCCCCCCCCCCCCC)C(=O)O. The molecule has 4 heteroatoms. The Hall–Kier alpha value is -1.84. The minimum Gasteiger partial charge on any atom is -0.479 e. The lowest BCUT2D eigenvalue weighted by molar-refractivity contribution is -0.164. The number of esters is 1. The predicted molar refractivity (Wildman–Crippen MR) is 218 cm³/mol. The molecule has 0 aromatic rings. The van der Waals surface area contributed by atoms with Crippen LogP contribution in [-0.2, 0) is 14.3 Å². The van der Waals surface area contributed by atoms with E-state index in [1.807, 2.05) is 0 Å². The zero-order valence-electron chi connectivity index (χ0n) is 33.5. The van der Waals surface area contributed by atoms with Gasteiger partial charge in [0.2, 0.25) is 0 Å². The molecule has 4 nitrogen and oxygen atoms in total. The maximum absolute atomic E-state index is 12.2. The van der Waals surface area contributed by atoms with E-state index < -0.39 is 12.1 Å². The lowest BCUT2D eigenvalue weighted by Crippen LogP contribution is -2.27. The number of carbonyl (C=O) groups excluding carboxylic acids is 1. The fourth-order valence-electron chi connectivity index (χ4n) is 6.63. The molecular weight excluding hydrogens is 617 g/mol. The van der Waals surface area contributed by atoms with Gasteiger partial charge in [0.15, 0.2) is 6.10 Å². The van der Waals surface area contributed by atoms with E-state index >= 15 is 0 Å². The molecule has 0 radical (unpaired) electrons. The van der Waals surface area contributed by atoms with E-state index in [9.17, 15) is 14.7 Å². The van der Waals surface area contributed by atoms with Crippen LogP contribution < -0.4 is 0 Å². The number of rotatable bonds is 40. The first-order valence-corrected chi connectivity index (χ1v) is 22.0. The second kappa shape index (κ2) is 41.6. The number of unbranched alkanes of at least 4 members (excludes halogenated alkanes) is 28. The van der Waals surface area contributed by atoms with Gasteiger partial charge in [0, 0.05) is 6.42 Å². The summed E-state index contributed by atoms with van der Waals surface area (Å²) in [5.41, 5.74) is 0. The number of carboxylic acid groups (broad SMARTS) is 1. The number of aliphatic carboxylic acids is 1. The normalized spacial score (nSPS) is 12.5. The van der Waals surface area contributed by atoms with Gasteiger partial charge in [0.05, 0.1) is 0 Å². The van der Waals surface area contributed by atoms with Crippen LogP contribution in [0.25, 0.3) is 0 Å². The molecule has 0 heterocycles. The highest BCUT2D eigenvalue weighted by Crippen LogP contribution is 2.17. The van der Waals surface area contributed by atoms with Crippen LogP contribution in [0.2, 0.25) is 0 Å². The lowest BCUT2D eigenvalue weighted by atomic mass is 10.0. The Morgan fingerprint density at radius 3 is 1.24 bits per heavy atom. The summed E-state index contributed by atoms with van der Waals surface area (Å²) >= 11 is 0. The molecule has 1 unspecified atom stereocenters. The molecule has 0 bridgehead atoms. The number of carboxylic acids is 1. The van der Waals surface area contributed by atoms with Gasteiger partial charge in [-0.05, 0) is 51.4 Å². The van der Waals surface area contributed by atoms with E-state index in [-0.39, 0.29) is 5.97 Å². The topological polar surface area (TPSA) is 63.6 Å². The van der Waals surface area contributed by atoms with Crippen molar-refractivity contribution in [2.75, 3.05) is 0 Å². The molecule has 0 fully saturated rings. The number of hydrogen-bond acceptors (Lipinski definition) is 3. The third-order valence-electron chi connectivity index (χ3n) is 9.90. The van der Waals surface area contributed by atoms with E-state index in [0.717, 1.165) is 70.6 Å². The number of hydrogen-bond donors (Lipinski definition) is 1. The van der Waals surface area contributed by atoms with Crippen LogP contribution in [0.3, 0.4) is 0 Å². The fourth-order valence-corrected chi connectivity index (χ4v) is 6.63. The number of carbonyl (C=O) groups is 2. The fraction of sp³-hybridized carbons (Fsp3) is 0.826. The Labute approximate surface area is 311 Å². The highest BCUT2D eigenvalue weighted by molar-refractivity contribution is 5.77. The van der Waals surface area contributed by atoms with Crippen LogP contribution in [-0.4, -0.2) is 23.1 Å². The molecule has 50 heavy (non-hydrogen) atoms. The Morgan fingerprint density at radius 1 is 0.460 bits per heavy atom. The van der Waals surface area contributed by atoms with Gasteiger partial charge in [-0.1, -0.05) is 217 Å². The second-order valence-corrected chi connectivity index (χ2v) is 14.8. The zero-order chi connectivity index (χ0) is 36.4. The Morgan fingerprint density at radius 2 is 0.820 bits per heavy atom. The summed E-state index contributed by atoms with van der Waals surface area (Å²) in [6, 6.07) is 0. The molecule has 0 aliphatic rings. The van der Waals surface area contributed by atoms with Crippen LogP contribution in [0.1, 0.15) is 239 Å². The lowest BCUT2D eigenvalue weighted by Gasteiger charge is -2.13. The third-order valence-corrected chi connectivity index (χ3v) is 9.90. The van der Waals surface area contributed by atoms with Crippen molar-refractivity contribution >= 4 is 11.9 Å². The van der Waals surface area contributed by atoms with Crippen molar-refractivity contribution in [2.24, 2.45) is 0 Å². The van der Waals surface area contributed by atoms with Gasteiger partial charge in [-0.2, -0.15) is 0 Å². The molecule has 292 valence electrons. The summed E-state index contributed by atoms with van der Waals surface area (Å²) in [7, 11) is 0. The van der Waals surface area contributed by atoms with E-state index in [0.29, 0.717) is 12.8 Å². The van der Waals surface area contributed by atoms with Crippen LogP contribution in [0, 0.1) is 0 Å². The van der Waals surface area contributed by atoms with E-state index in [4.69, 9.17) is 4.74 Å². The summed E-state index contributed by atoms with van der Waals surface area (Å²) in [6.45, 7) is 4.44. The van der Waals surface area contributed by atoms with Gasteiger partial charge in [-0.3, -0.25) is 4.79 Å². The average Bonchev–Trinajstić information content (AvgIpc) is 3.11. The monoisotopic (exact) mass is 701 g/mol. The smallest absolute Gasteiger partial charge is 0.345 e. The van der Waals surface area contributed by atoms with Crippen LogP contribution in [0.4, 0.5) is 0 Å². The molecule has 0 aromatic heterocycles. The Bertz CT molecular complexity index is 798. The van der Waals surface area contributed by atoms with Crippen molar-refractivity contribution in [3.8, 4) is 0 Å². The summed E-state index contributed by atoms with van der Waals surface area (Å²) in [5, 5.41) is 9.52. The van der Waals surface area contributed by atoms with Gasteiger partial charge < -0.3 is 9.84 Å². The highest BCUT2D eigenvalue weighted by atomic mass is 16.6. The number of ether oxygens (including phenoxy) is 1. The quantitative estimate of drug-likeness (QED) is 0.0393. The molecule has 1 atom stereocenters. The maximum atomic E-state index is 12.2. The molecule has 0 aromatic carbocycles. The van der Waals surface area contributed by atoms with Crippen molar-refractivity contribution in [1.29, 1.82) is 0 Å². The number of allylic oxidation sites excluding steroid dienone is 6. The van der Waals surface area contributed by atoms with Crippen molar-refractivity contribution in [1.82, 2.24) is 0 Å². The van der Waals surface area contributed by atoms with Gasteiger partial charge >= 0.3 is 11.9 Å². The van der Waals surface area contributed by atoms with E-state index in [1.54, 1.807) is 0 Å². The van der Waals surface area contributed by atoms with Crippen molar-refractivity contribution in [3.63, 3.8) is 0 Å². The molecule has 0 spiro atoms. The molecule has 0 amide bonds. The van der Waals surface area contributed by atoms with Crippen molar-refractivity contribution in [2.45, 2.75) is 245 Å². The second-order valence-electron chi connectivity index (χ2n) is 14.8. The van der Waals surface area contributed by atoms with E-state index in [1.165, 1.54) is 141 Å². The predicted octanol–water partition coefficient (Wildman–Crippen LogP) is 15.3. The molecule has 1 N–H and O–H groups in total. The standard InChI is InChI=1S/C46H84O4/c1-3-5-7-9-11-13-15-17-19-20-21-22-23-24-25-26-27-29-30-32-34-36-38-40-42-44(46(48)49)50-45(47)43-41-39-37-35-33-31-28-18-16-14-12-10-8-6-4-2/h6,8,12,14,18,28,44H,3-5,7,9-11,13,15-17,19-27,29-43H2,1-2H3,(H,48,49)/b8-6-,14-12-,28-18-. The first-order chi connectivity index (χ1) is 24.6. The molecule has 0 saturated carbocycles. The van der Waals surface area contributed by atoms with Gasteiger partial charge in [0.25, 0.3) is 0 Å². The average molecular weight is 701 g/mol. The van der Waals surface area contributed by atoms with Crippen molar-refractivity contribution < 1.29 is 19.4 Å². The van der Waals surface area contributed by atoms with Crippen LogP contribution >= 0.6 is 0 Å². The minimum atomic E-state index is -1.01. The van der Waals surface area contributed by atoms with Crippen LogP contribution in [0.15, 0.2) is 36.5 Å². The van der Waals surface area contributed by atoms with E-state index in [2.05, 4.69) is 50.3 Å². The van der Waals surface area contributed by atoms with Gasteiger partial charge in [-0.15, -0.1) is 0 Å². The minimum absolute atomic E-state index is 0.322. The van der Waals surface area contributed by atoms with Gasteiger partial charge in [0.1, 0.15) is 0 Å². The van der Waals surface area contributed by atoms with Gasteiger partial charge in [-0.25, -0.2) is 4.79 Å². The summed E-state index contributed by atoms with van der Waals surface area (Å²) in [4.78, 5) is 23.8. The maximum Gasteiger partial charge on any atom is 0.345 e.